The molecule has 0 bridgehead atoms. The van der Waals surface area contributed by atoms with Gasteiger partial charge in [0.1, 0.15) is 5.75 Å². The minimum atomic E-state index is -0.00114. The number of benzene rings is 1. The highest BCUT2D eigenvalue weighted by Gasteiger charge is 1.96. The predicted octanol–water partition coefficient (Wildman–Crippen LogP) is 2.69. The van der Waals surface area contributed by atoms with Gasteiger partial charge < -0.3 is 9.84 Å². The highest BCUT2D eigenvalue weighted by molar-refractivity contribution is 7.13. The van der Waals surface area contributed by atoms with Gasteiger partial charge in [0.15, 0.2) is 0 Å². The van der Waals surface area contributed by atoms with Crippen LogP contribution < -0.4 is 10.2 Å². The molecule has 0 aliphatic heterocycles. The molecule has 0 unspecified atom stereocenters. The maximum atomic E-state index is 9.04. The monoisotopic (exact) mass is 263 g/mol. The average Bonchev–Trinajstić information content (AvgIpc) is 2.78. The lowest BCUT2D eigenvalue weighted by molar-refractivity contribution is 0.340. The number of ether oxygens (including phenoxy) is 1. The summed E-state index contributed by atoms with van der Waals surface area (Å²) in [5.74, 6) is 0.839. The number of hydrogen-bond acceptors (Lipinski definition) is 6. The highest BCUT2D eigenvalue weighted by atomic mass is 32.1. The lowest BCUT2D eigenvalue weighted by Crippen LogP contribution is -1.92. The summed E-state index contributed by atoms with van der Waals surface area (Å²) in [6.07, 6.45) is 1.67. The minimum absolute atomic E-state index is 0.00114. The molecule has 0 fully saturated rings. The number of anilines is 1. The molecule has 0 spiro atoms. The maximum Gasteiger partial charge on any atom is 0.223 e. The molecule has 0 radical (unpaired) electrons. The Hall–Kier alpha value is -2.08. The second-order valence-electron chi connectivity index (χ2n) is 3.38. The molecule has 1 aromatic heterocycles. The number of aromatic hydroxyl groups is 1. The van der Waals surface area contributed by atoms with Crippen LogP contribution in [0.5, 0.6) is 11.6 Å². The van der Waals surface area contributed by atoms with Crippen LogP contribution in [0.15, 0.2) is 34.7 Å². The van der Waals surface area contributed by atoms with Crippen molar-refractivity contribution < 1.29 is 9.84 Å². The number of hydrazone groups is 1. The molecule has 6 heteroatoms. The summed E-state index contributed by atoms with van der Waals surface area (Å²) in [6, 6.07) is 7.60. The Balaban J connectivity index is 1.92. The molecule has 0 saturated heterocycles. The zero-order valence-corrected chi connectivity index (χ0v) is 10.6. The Morgan fingerprint density at radius 2 is 2.22 bits per heavy atom. The summed E-state index contributed by atoms with van der Waals surface area (Å²) >= 11 is 1.29. The molecule has 18 heavy (non-hydrogen) atoms. The topological polar surface area (TPSA) is 66.7 Å². The van der Waals surface area contributed by atoms with E-state index in [2.05, 4.69) is 15.5 Å². The van der Waals surface area contributed by atoms with Crippen molar-refractivity contribution in [1.82, 2.24) is 4.98 Å². The first-order chi connectivity index (χ1) is 8.78. The number of rotatable bonds is 5. The highest BCUT2D eigenvalue weighted by Crippen LogP contribution is 2.19. The Kier molecular flexibility index (Phi) is 4.14. The van der Waals surface area contributed by atoms with E-state index in [4.69, 9.17) is 9.84 Å². The van der Waals surface area contributed by atoms with Crippen molar-refractivity contribution in [3.63, 3.8) is 0 Å². The molecule has 0 saturated carbocycles. The lowest BCUT2D eigenvalue weighted by atomic mass is 10.2. The molecule has 2 rings (SSSR count). The van der Waals surface area contributed by atoms with E-state index >= 15 is 0 Å². The third-order valence-corrected chi connectivity index (χ3v) is 2.79. The van der Waals surface area contributed by atoms with Gasteiger partial charge in [0.05, 0.1) is 18.2 Å². The van der Waals surface area contributed by atoms with Gasteiger partial charge in [0.25, 0.3) is 0 Å². The normalized spacial score (nSPS) is 10.7. The van der Waals surface area contributed by atoms with Gasteiger partial charge in [0, 0.05) is 0 Å². The van der Waals surface area contributed by atoms with Crippen molar-refractivity contribution in [1.29, 1.82) is 0 Å². The van der Waals surface area contributed by atoms with Gasteiger partial charge >= 0.3 is 0 Å². The SMILES string of the molecule is CCOc1ccc(/C=N/Nc2nc(O)cs2)cc1. The molecular weight excluding hydrogens is 250 g/mol. The smallest absolute Gasteiger partial charge is 0.223 e. The van der Waals surface area contributed by atoms with Gasteiger partial charge in [-0.3, -0.25) is 5.43 Å². The molecule has 5 nitrogen and oxygen atoms in total. The summed E-state index contributed by atoms with van der Waals surface area (Å²) in [6.45, 7) is 2.60. The molecule has 94 valence electrons. The number of nitrogens with one attached hydrogen (secondary N) is 1. The molecule has 0 amide bonds. The Morgan fingerprint density at radius 1 is 1.44 bits per heavy atom. The molecule has 1 heterocycles. The quantitative estimate of drug-likeness (QED) is 0.643. The molecular formula is C12H13N3O2S. The third-order valence-electron chi connectivity index (χ3n) is 2.06. The number of hydrogen-bond donors (Lipinski definition) is 2. The zero-order valence-electron chi connectivity index (χ0n) is 9.83. The molecule has 2 N–H and O–H groups in total. The molecule has 0 atom stereocenters. The number of aromatic nitrogens is 1. The van der Waals surface area contributed by atoms with Gasteiger partial charge in [0.2, 0.25) is 11.0 Å². The van der Waals surface area contributed by atoms with Crippen LogP contribution in [-0.2, 0) is 0 Å². The standard InChI is InChI=1S/C12H13N3O2S/c1-2-17-10-5-3-9(4-6-10)7-13-15-12-14-11(16)8-18-12/h3-8,16H,2H2,1H3,(H,14,15)/b13-7+. The van der Waals surface area contributed by atoms with Gasteiger partial charge in [-0.05, 0) is 36.8 Å². The van der Waals surface area contributed by atoms with E-state index in [0.717, 1.165) is 11.3 Å². The van der Waals surface area contributed by atoms with E-state index in [-0.39, 0.29) is 5.88 Å². The maximum absolute atomic E-state index is 9.04. The van der Waals surface area contributed by atoms with Gasteiger partial charge in [-0.1, -0.05) is 11.3 Å². The summed E-state index contributed by atoms with van der Waals surface area (Å²) in [5.41, 5.74) is 3.69. The molecule has 0 aliphatic rings. The summed E-state index contributed by atoms with van der Waals surface area (Å²) < 4.78 is 5.34. The largest absolute Gasteiger partial charge is 0.494 e. The van der Waals surface area contributed by atoms with Crippen LogP contribution in [-0.4, -0.2) is 22.9 Å². The average molecular weight is 263 g/mol. The van der Waals surface area contributed by atoms with Crippen molar-refractivity contribution in [3.05, 3.63) is 35.2 Å². The second-order valence-corrected chi connectivity index (χ2v) is 4.24. The van der Waals surface area contributed by atoms with Crippen LogP contribution in [0.1, 0.15) is 12.5 Å². The van der Waals surface area contributed by atoms with Crippen LogP contribution in [0.4, 0.5) is 5.13 Å². The first kappa shape index (κ1) is 12.4. The first-order valence-electron chi connectivity index (χ1n) is 5.44. The fourth-order valence-corrected chi connectivity index (χ4v) is 1.82. The van der Waals surface area contributed by atoms with E-state index in [0.29, 0.717) is 11.7 Å². The summed E-state index contributed by atoms with van der Waals surface area (Å²) in [4.78, 5) is 3.81. The Bertz CT molecular complexity index is 522. The minimum Gasteiger partial charge on any atom is -0.494 e. The Labute approximate surface area is 109 Å². The fourth-order valence-electron chi connectivity index (χ4n) is 1.30. The van der Waals surface area contributed by atoms with E-state index in [1.165, 1.54) is 16.7 Å². The van der Waals surface area contributed by atoms with Gasteiger partial charge in [-0.2, -0.15) is 10.1 Å². The van der Waals surface area contributed by atoms with Crippen molar-refractivity contribution in [3.8, 4) is 11.6 Å². The number of nitrogens with zero attached hydrogens (tertiary/aromatic N) is 2. The van der Waals surface area contributed by atoms with Crippen molar-refractivity contribution in [2.45, 2.75) is 6.92 Å². The molecule has 2 aromatic rings. The summed E-state index contributed by atoms with van der Waals surface area (Å²) in [7, 11) is 0. The van der Waals surface area contributed by atoms with E-state index in [1.807, 2.05) is 31.2 Å². The fraction of sp³-hybridized carbons (Fsp3) is 0.167. The van der Waals surface area contributed by atoms with Crippen LogP contribution in [0.25, 0.3) is 0 Å². The van der Waals surface area contributed by atoms with Crippen LogP contribution >= 0.6 is 11.3 Å². The van der Waals surface area contributed by atoms with Gasteiger partial charge in [-0.25, -0.2) is 0 Å². The summed E-state index contributed by atoms with van der Waals surface area (Å²) in [5, 5.41) is 15.2. The van der Waals surface area contributed by atoms with E-state index < -0.39 is 0 Å². The van der Waals surface area contributed by atoms with Crippen LogP contribution in [0, 0.1) is 0 Å². The third kappa shape index (κ3) is 3.46. The first-order valence-corrected chi connectivity index (χ1v) is 6.32. The van der Waals surface area contributed by atoms with E-state index in [9.17, 15) is 0 Å². The molecule has 0 aliphatic carbocycles. The molecule has 1 aromatic carbocycles. The van der Waals surface area contributed by atoms with Crippen LogP contribution in [0.3, 0.4) is 0 Å². The van der Waals surface area contributed by atoms with Crippen molar-refractivity contribution in [2.75, 3.05) is 12.0 Å². The lowest BCUT2D eigenvalue weighted by Gasteiger charge is -2.01. The second kappa shape index (κ2) is 6.02. The van der Waals surface area contributed by atoms with Crippen molar-refractivity contribution in [2.24, 2.45) is 5.10 Å². The number of thiazole rings is 1. The Morgan fingerprint density at radius 3 is 2.83 bits per heavy atom. The zero-order chi connectivity index (χ0) is 12.8. The van der Waals surface area contributed by atoms with Gasteiger partial charge in [-0.15, -0.1) is 0 Å². The van der Waals surface area contributed by atoms with Crippen molar-refractivity contribution >= 4 is 22.7 Å². The predicted molar refractivity (Wildman–Crippen MR) is 72.6 cm³/mol. The van der Waals surface area contributed by atoms with Crippen LogP contribution in [0.2, 0.25) is 0 Å². The van der Waals surface area contributed by atoms with E-state index in [1.54, 1.807) is 6.21 Å².